The number of thiophene rings is 1. The second kappa shape index (κ2) is 7.60. The van der Waals surface area contributed by atoms with Crippen LogP contribution in [-0.2, 0) is 4.74 Å². The molecule has 1 aliphatic heterocycles. The maximum Gasteiger partial charge on any atom is 0.0931 e. The van der Waals surface area contributed by atoms with E-state index in [2.05, 4.69) is 23.2 Å². The maximum absolute atomic E-state index is 6.05. The summed E-state index contributed by atoms with van der Waals surface area (Å²) in [5, 5.41) is 3.57. The first kappa shape index (κ1) is 15.3. The van der Waals surface area contributed by atoms with Crippen molar-refractivity contribution >= 4 is 22.9 Å². The van der Waals surface area contributed by atoms with Crippen molar-refractivity contribution in [3.63, 3.8) is 0 Å². The molecule has 3 nitrogen and oxygen atoms in total. The van der Waals surface area contributed by atoms with E-state index < -0.39 is 0 Å². The summed E-state index contributed by atoms with van der Waals surface area (Å²) in [4.78, 5) is 3.83. The predicted molar refractivity (Wildman–Crippen MR) is 82.2 cm³/mol. The summed E-state index contributed by atoms with van der Waals surface area (Å²) < 4.78 is 6.11. The molecule has 1 saturated heterocycles. The fourth-order valence-electron chi connectivity index (χ4n) is 2.58. The van der Waals surface area contributed by atoms with Crippen LogP contribution in [0, 0.1) is 0 Å². The van der Waals surface area contributed by atoms with Gasteiger partial charge in [-0.2, -0.15) is 0 Å². The minimum absolute atomic E-state index is 0.398. The first-order chi connectivity index (χ1) is 9.20. The van der Waals surface area contributed by atoms with Gasteiger partial charge in [-0.3, -0.25) is 4.90 Å². The first-order valence-corrected chi connectivity index (χ1v) is 8.11. The third-order valence-corrected chi connectivity index (χ3v) is 5.15. The minimum atomic E-state index is 0.398. The molecule has 5 heteroatoms. The Morgan fingerprint density at radius 1 is 1.58 bits per heavy atom. The maximum atomic E-state index is 6.05. The molecule has 19 heavy (non-hydrogen) atoms. The van der Waals surface area contributed by atoms with Crippen LogP contribution in [0.3, 0.4) is 0 Å². The van der Waals surface area contributed by atoms with Gasteiger partial charge in [0.25, 0.3) is 0 Å². The van der Waals surface area contributed by atoms with Crippen molar-refractivity contribution in [2.75, 3.05) is 33.4 Å². The first-order valence-electron chi connectivity index (χ1n) is 6.92. The molecule has 0 bridgehead atoms. The SMILES string of the molecule is COCCN(CC1CCCN1)C(C)c1ccc(Cl)s1. The van der Waals surface area contributed by atoms with Crippen LogP contribution in [0.25, 0.3) is 0 Å². The zero-order chi connectivity index (χ0) is 13.7. The molecule has 1 aromatic heterocycles. The normalized spacial score (nSPS) is 21.2. The second-order valence-corrected chi connectivity index (χ2v) is 6.85. The van der Waals surface area contributed by atoms with Gasteiger partial charge in [-0.25, -0.2) is 0 Å². The topological polar surface area (TPSA) is 24.5 Å². The van der Waals surface area contributed by atoms with Crippen LogP contribution in [0.15, 0.2) is 12.1 Å². The Labute approximate surface area is 124 Å². The molecule has 0 radical (unpaired) electrons. The Kier molecular flexibility index (Phi) is 6.10. The van der Waals surface area contributed by atoms with E-state index in [1.54, 1.807) is 18.4 Å². The zero-order valence-corrected chi connectivity index (χ0v) is 13.3. The number of hydrogen-bond donors (Lipinski definition) is 1. The summed E-state index contributed by atoms with van der Waals surface area (Å²) in [7, 11) is 1.76. The summed E-state index contributed by atoms with van der Waals surface area (Å²) >= 11 is 7.72. The average molecular weight is 303 g/mol. The molecule has 1 fully saturated rings. The van der Waals surface area contributed by atoms with Crippen LogP contribution in [0.1, 0.15) is 30.7 Å². The number of nitrogens with zero attached hydrogens (tertiary/aromatic N) is 1. The zero-order valence-electron chi connectivity index (χ0n) is 11.7. The Hall–Kier alpha value is -0.130. The summed E-state index contributed by atoms with van der Waals surface area (Å²) in [6.07, 6.45) is 2.57. The highest BCUT2D eigenvalue weighted by molar-refractivity contribution is 7.16. The molecule has 108 valence electrons. The van der Waals surface area contributed by atoms with Crippen molar-refractivity contribution < 1.29 is 4.74 Å². The van der Waals surface area contributed by atoms with Crippen molar-refractivity contribution in [3.8, 4) is 0 Å². The van der Waals surface area contributed by atoms with Gasteiger partial charge in [-0.1, -0.05) is 11.6 Å². The van der Waals surface area contributed by atoms with Crippen molar-refractivity contribution in [2.24, 2.45) is 0 Å². The van der Waals surface area contributed by atoms with Gasteiger partial charge >= 0.3 is 0 Å². The Balaban J connectivity index is 1.98. The highest BCUT2D eigenvalue weighted by Gasteiger charge is 2.22. The number of halogens is 1. The van der Waals surface area contributed by atoms with Gasteiger partial charge in [0, 0.05) is 37.2 Å². The Morgan fingerprint density at radius 2 is 2.42 bits per heavy atom. The molecule has 0 spiro atoms. The minimum Gasteiger partial charge on any atom is -0.383 e. The summed E-state index contributed by atoms with van der Waals surface area (Å²) in [5.74, 6) is 0. The van der Waals surface area contributed by atoms with E-state index in [9.17, 15) is 0 Å². The quantitative estimate of drug-likeness (QED) is 0.837. The van der Waals surface area contributed by atoms with Crippen LogP contribution in [0.4, 0.5) is 0 Å². The lowest BCUT2D eigenvalue weighted by Crippen LogP contribution is -2.40. The van der Waals surface area contributed by atoms with Crippen LogP contribution in [0.2, 0.25) is 4.34 Å². The van der Waals surface area contributed by atoms with Gasteiger partial charge in [0.2, 0.25) is 0 Å². The number of hydrogen-bond acceptors (Lipinski definition) is 4. The van der Waals surface area contributed by atoms with E-state index >= 15 is 0 Å². The largest absolute Gasteiger partial charge is 0.383 e. The van der Waals surface area contributed by atoms with E-state index in [1.165, 1.54) is 17.7 Å². The number of ether oxygens (including phenoxy) is 1. The third kappa shape index (κ3) is 4.43. The van der Waals surface area contributed by atoms with Gasteiger partial charge in [0.05, 0.1) is 10.9 Å². The smallest absolute Gasteiger partial charge is 0.0931 e. The van der Waals surface area contributed by atoms with Crippen molar-refractivity contribution in [3.05, 3.63) is 21.3 Å². The lowest BCUT2D eigenvalue weighted by molar-refractivity contribution is 0.119. The fourth-order valence-corrected chi connectivity index (χ4v) is 3.73. The number of methoxy groups -OCH3 is 1. The molecular formula is C14H23ClN2OS. The Morgan fingerprint density at radius 3 is 3.00 bits per heavy atom. The van der Waals surface area contributed by atoms with Crippen LogP contribution >= 0.6 is 22.9 Å². The Bertz CT molecular complexity index is 379. The van der Waals surface area contributed by atoms with Crippen LogP contribution in [-0.4, -0.2) is 44.3 Å². The molecule has 2 atom stereocenters. The molecule has 1 N–H and O–H groups in total. The molecular weight excluding hydrogens is 280 g/mol. The molecule has 2 heterocycles. The lowest BCUT2D eigenvalue weighted by atomic mass is 10.1. The average Bonchev–Trinajstić information content (AvgIpc) is 3.05. The van der Waals surface area contributed by atoms with Gasteiger partial charge in [0.15, 0.2) is 0 Å². The second-order valence-electron chi connectivity index (χ2n) is 5.10. The van der Waals surface area contributed by atoms with Gasteiger partial charge in [-0.15, -0.1) is 11.3 Å². The van der Waals surface area contributed by atoms with Crippen LogP contribution < -0.4 is 5.32 Å². The highest BCUT2D eigenvalue weighted by Crippen LogP contribution is 2.30. The molecule has 1 aliphatic rings. The predicted octanol–water partition coefficient (Wildman–Crippen LogP) is 3.16. The molecule has 2 unspecified atom stereocenters. The molecule has 2 rings (SSSR count). The van der Waals surface area contributed by atoms with Gasteiger partial charge in [-0.05, 0) is 38.4 Å². The lowest BCUT2D eigenvalue weighted by Gasteiger charge is -2.30. The molecule has 0 aromatic carbocycles. The third-order valence-electron chi connectivity index (χ3n) is 3.75. The molecule has 0 saturated carbocycles. The molecule has 0 aliphatic carbocycles. The van der Waals surface area contributed by atoms with Gasteiger partial charge in [0.1, 0.15) is 0 Å². The summed E-state index contributed by atoms with van der Waals surface area (Å²) in [6.45, 7) is 6.23. The fraction of sp³-hybridized carbons (Fsp3) is 0.714. The van der Waals surface area contributed by atoms with Crippen molar-refractivity contribution in [1.29, 1.82) is 0 Å². The van der Waals surface area contributed by atoms with Crippen molar-refractivity contribution in [2.45, 2.75) is 31.8 Å². The number of nitrogens with one attached hydrogen (secondary N) is 1. The molecule has 0 amide bonds. The number of rotatable bonds is 7. The van der Waals surface area contributed by atoms with E-state index in [-0.39, 0.29) is 0 Å². The van der Waals surface area contributed by atoms with E-state index in [4.69, 9.17) is 16.3 Å². The van der Waals surface area contributed by atoms with E-state index in [1.807, 2.05) is 6.07 Å². The summed E-state index contributed by atoms with van der Waals surface area (Å²) in [6, 6.07) is 5.14. The van der Waals surface area contributed by atoms with E-state index in [0.717, 1.165) is 30.6 Å². The van der Waals surface area contributed by atoms with Crippen molar-refractivity contribution in [1.82, 2.24) is 10.2 Å². The highest BCUT2D eigenvalue weighted by atomic mass is 35.5. The monoisotopic (exact) mass is 302 g/mol. The molecule has 1 aromatic rings. The van der Waals surface area contributed by atoms with Crippen LogP contribution in [0.5, 0.6) is 0 Å². The van der Waals surface area contributed by atoms with E-state index in [0.29, 0.717) is 12.1 Å². The van der Waals surface area contributed by atoms with Gasteiger partial charge < -0.3 is 10.1 Å². The standard InChI is InChI=1S/C14H23ClN2OS/c1-11(13-5-6-14(15)19-13)17(8-9-18-2)10-12-4-3-7-16-12/h5-6,11-12,16H,3-4,7-10H2,1-2H3. The summed E-state index contributed by atoms with van der Waals surface area (Å²) in [5.41, 5.74) is 0.